The molecule has 2 amide bonds. The zero-order chi connectivity index (χ0) is 28.9. The first-order valence-electron chi connectivity index (χ1n) is 13.2. The van der Waals surface area contributed by atoms with Crippen molar-refractivity contribution in [1.29, 1.82) is 0 Å². The van der Waals surface area contributed by atoms with Crippen molar-refractivity contribution < 1.29 is 18.0 Å². The standard InChI is InChI=1S/C30H33BrClN3O4S/c1-21-12-17-26(18-28(21)32)35(40(38,39)27-10-4-3-5-11-27)20-29(36)34(19-23-13-15-24(31)16-14-23)22(2)30(37)33-25-8-6-7-9-25/h3-5,10-18,22,25H,6-9,19-20H2,1-2H3,(H,33,37). The third kappa shape index (κ3) is 7.25. The first kappa shape index (κ1) is 30.1. The van der Waals surface area contributed by atoms with E-state index in [1.807, 2.05) is 31.2 Å². The van der Waals surface area contributed by atoms with Crippen LogP contribution in [0.4, 0.5) is 5.69 Å². The number of carbonyl (C=O) groups excluding carboxylic acids is 2. The molecule has 40 heavy (non-hydrogen) atoms. The third-order valence-corrected chi connectivity index (χ3v) is 9.91. The highest BCUT2D eigenvalue weighted by Gasteiger charge is 2.33. The van der Waals surface area contributed by atoms with Crippen LogP contribution in [0.2, 0.25) is 5.02 Å². The first-order valence-corrected chi connectivity index (χ1v) is 15.9. The molecule has 1 unspecified atom stereocenters. The molecule has 10 heteroatoms. The average molecular weight is 647 g/mol. The summed E-state index contributed by atoms with van der Waals surface area (Å²) >= 11 is 9.80. The Morgan fingerprint density at radius 2 is 1.68 bits per heavy atom. The van der Waals surface area contributed by atoms with E-state index in [1.54, 1.807) is 43.3 Å². The molecule has 3 aromatic carbocycles. The Morgan fingerprint density at radius 1 is 1.02 bits per heavy atom. The minimum absolute atomic E-state index is 0.0472. The van der Waals surface area contributed by atoms with Crippen LogP contribution in [0.3, 0.4) is 0 Å². The van der Waals surface area contributed by atoms with Gasteiger partial charge in [-0.05, 0) is 74.2 Å². The summed E-state index contributed by atoms with van der Waals surface area (Å²) < 4.78 is 29.6. The van der Waals surface area contributed by atoms with Gasteiger partial charge in [0.05, 0.1) is 10.6 Å². The van der Waals surface area contributed by atoms with Gasteiger partial charge < -0.3 is 10.2 Å². The SMILES string of the molecule is Cc1ccc(N(CC(=O)N(Cc2ccc(Br)cc2)C(C)C(=O)NC2CCCC2)S(=O)(=O)c2ccccc2)cc1Cl. The summed E-state index contributed by atoms with van der Waals surface area (Å²) in [6.45, 7) is 3.13. The first-order chi connectivity index (χ1) is 19.1. The maximum Gasteiger partial charge on any atom is 0.264 e. The second-order valence-corrected chi connectivity index (χ2v) is 13.3. The fourth-order valence-electron chi connectivity index (χ4n) is 4.75. The second-order valence-electron chi connectivity index (χ2n) is 10.1. The predicted molar refractivity (Wildman–Crippen MR) is 162 cm³/mol. The third-order valence-electron chi connectivity index (χ3n) is 7.19. The van der Waals surface area contributed by atoms with Crippen LogP contribution in [0, 0.1) is 6.92 Å². The monoisotopic (exact) mass is 645 g/mol. The molecular weight excluding hydrogens is 614 g/mol. The van der Waals surface area contributed by atoms with E-state index in [1.165, 1.54) is 17.0 Å². The van der Waals surface area contributed by atoms with E-state index in [-0.39, 0.29) is 29.1 Å². The quantitative estimate of drug-likeness (QED) is 0.289. The largest absolute Gasteiger partial charge is 0.352 e. The van der Waals surface area contributed by atoms with Crippen molar-refractivity contribution in [3.05, 3.63) is 93.4 Å². The lowest BCUT2D eigenvalue weighted by Gasteiger charge is -2.32. The van der Waals surface area contributed by atoms with Crippen LogP contribution in [-0.2, 0) is 26.2 Å². The number of hydrogen-bond acceptors (Lipinski definition) is 4. The lowest BCUT2D eigenvalue weighted by molar-refractivity contribution is -0.139. The number of nitrogens with one attached hydrogen (secondary N) is 1. The summed E-state index contributed by atoms with van der Waals surface area (Å²) in [5, 5.41) is 3.46. The van der Waals surface area contributed by atoms with Gasteiger partial charge in [0.25, 0.3) is 10.0 Å². The lowest BCUT2D eigenvalue weighted by atomic mass is 10.1. The van der Waals surface area contributed by atoms with Gasteiger partial charge in [-0.1, -0.05) is 76.8 Å². The number of benzene rings is 3. The Morgan fingerprint density at radius 3 is 2.30 bits per heavy atom. The van der Waals surface area contributed by atoms with Gasteiger partial charge in [-0.2, -0.15) is 0 Å². The fourth-order valence-corrected chi connectivity index (χ4v) is 6.61. The molecule has 1 aliphatic rings. The Balaban J connectivity index is 1.69. The van der Waals surface area contributed by atoms with E-state index in [9.17, 15) is 18.0 Å². The highest BCUT2D eigenvalue weighted by molar-refractivity contribution is 9.10. The molecule has 0 radical (unpaired) electrons. The van der Waals surface area contributed by atoms with Gasteiger partial charge >= 0.3 is 0 Å². The summed E-state index contributed by atoms with van der Waals surface area (Å²) in [6.07, 6.45) is 3.95. The predicted octanol–water partition coefficient (Wildman–Crippen LogP) is 6.08. The molecule has 1 atom stereocenters. The molecule has 0 heterocycles. The van der Waals surface area contributed by atoms with E-state index < -0.39 is 28.5 Å². The molecule has 0 aromatic heterocycles. The molecular formula is C30H33BrClN3O4S. The molecule has 212 valence electrons. The van der Waals surface area contributed by atoms with E-state index in [2.05, 4.69) is 21.2 Å². The number of nitrogens with zero attached hydrogens (tertiary/aromatic N) is 2. The zero-order valence-electron chi connectivity index (χ0n) is 22.5. The Hall–Kier alpha value is -2.88. The highest BCUT2D eigenvalue weighted by Crippen LogP contribution is 2.29. The number of carbonyl (C=O) groups is 2. The molecule has 0 saturated heterocycles. The molecule has 4 rings (SSSR count). The molecule has 1 saturated carbocycles. The molecule has 1 fully saturated rings. The Bertz CT molecular complexity index is 1450. The van der Waals surface area contributed by atoms with Crippen molar-refractivity contribution in [1.82, 2.24) is 10.2 Å². The number of amides is 2. The van der Waals surface area contributed by atoms with E-state index in [0.29, 0.717) is 5.02 Å². The van der Waals surface area contributed by atoms with Crippen LogP contribution < -0.4 is 9.62 Å². The van der Waals surface area contributed by atoms with Crippen molar-refractivity contribution in [3.8, 4) is 0 Å². The number of sulfonamides is 1. The van der Waals surface area contributed by atoms with Gasteiger partial charge in [-0.25, -0.2) is 8.42 Å². The van der Waals surface area contributed by atoms with Gasteiger partial charge in [-0.15, -0.1) is 0 Å². The second kappa shape index (κ2) is 13.2. The summed E-state index contributed by atoms with van der Waals surface area (Å²) in [5.74, 6) is -0.763. The summed E-state index contributed by atoms with van der Waals surface area (Å²) in [6, 6.07) is 19.6. The fraction of sp³-hybridized carbons (Fsp3) is 0.333. The minimum atomic E-state index is -4.13. The van der Waals surface area contributed by atoms with Crippen molar-refractivity contribution in [2.24, 2.45) is 0 Å². The van der Waals surface area contributed by atoms with E-state index in [4.69, 9.17) is 11.6 Å². The molecule has 0 aliphatic heterocycles. The van der Waals surface area contributed by atoms with Gasteiger partial charge in [-0.3, -0.25) is 13.9 Å². The summed E-state index contributed by atoms with van der Waals surface area (Å²) in [5.41, 5.74) is 1.86. The molecule has 3 aromatic rings. The van der Waals surface area contributed by atoms with E-state index in [0.717, 1.165) is 45.6 Å². The van der Waals surface area contributed by atoms with Crippen LogP contribution in [0.15, 0.2) is 82.2 Å². The number of halogens is 2. The van der Waals surface area contributed by atoms with Gasteiger partial charge in [0.2, 0.25) is 11.8 Å². The number of aryl methyl sites for hydroxylation is 1. The minimum Gasteiger partial charge on any atom is -0.352 e. The van der Waals surface area contributed by atoms with Crippen LogP contribution in [0.5, 0.6) is 0 Å². The van der Waals surface area contributed by atoms with Crippen LogP contribution in [0.1, 0.15) is 43.7 Å². The maximum atomic E-state index is 14.0. The van der Waals surface area contributed by atoms with Crippen molar-refractivity contribution in [2.75, 3.05) is 10.8 Å². The van der Waals surface area contributed by atoms with E-state index >= 15 is 0 Å². The summed E-state index contributed by atoms with van der Waals surface area (Å²) in [7, 11) is -4.13. The number of anilines is 1. The average Bonchev–Trinajstić information content (AvgIpc) is 3.46. The van der Waals surface area contributed by atoms with Gasteiger partial charge in [0.15, 0.2) is 0 Å². The molecule has 0 bridgehead atoms. The molecule has 1 N–H and O–H groups in total. The van der Waals surface area contributed by atoms with Crippen LogP contribution in [0.25, 0.3) is 0 Å². The molecule has 7 nitrogen and oxygen atoms in total. The van der Waals surface area contributed by atoms with Crippen LogP contribution >= 0.6 is 27.5 Å². The van der Waals surface area contributed by atoms with Crippen molar-refractivity contribution in [3.63, 3.8) is 0 Å². The number of hydrogen-bond donors (Lipinski definition) is 1. The highest BCUT2D eigenvalue weighted by atomic mass is 79.9. The van der Waals surface area contributed by atoms with Gasteiger partial charge in [0.1, 0.15) is 12.6 Å². The normalized spacial score (nSPS) is 14.5. The van der Waals surface area contributed by atoms with Crippen molar-refractivity contribution in [2.45, 2.75) is 63.1 Å². The maximum absolute atomic E-state index is 14.0. The lowest BCUT2D eigenvalue weighted by Crippen LogP contribution is -2.52. The smallest absolute Gasteiger partial charge is 0.264 e. The molecule has 0 spiro atoms. The molecule has 1 aliphatic carbocycles. The number of rotatable bonds is 10. The Labute approximate surface area is 249 Å². The Kier molecular flexibility index (Phi) is 9.92. The van der Waals surface area contributed by atoms with Gasteiger partial charge in [0, 0.05) is 22.1 Å². The van der Waals surface area contributed by atoms with Crippen LogP contribution in [-0.4, -0.2) is 43.8 Å². The summed E-state index contributed by atoms with van der Waals surface area (Å²) in [4.78, 5) is 28.8. The van der Waals surface area contributed by atoms with Crippen molar-refractivity contribution >= 4 is 55.1 Å². The zero-order valence-corrected chi connectivity index (χ0v) is 25.7. The topological polar surface area (TPSA) is 86.8 Å².